The molecule has 0 radical (unpaired) electrons. The van der Waals surface area contributed by atoms with Crippen LogP contribution in [0.2, 0.25) is 0 Å². The fourth-order valence-electron chi connectivity index (χ4n) is 6.91. The second kappa shape index (κ2) is 7.40. The number of hydrogen-bond acceptors (Lipinski definition) is 1. The summed E-state index contributed by atoms with van der Waals surface area (Å²) in [4.78, 5) is 12.0. The van der Waals surface area contributed by atoms with Gasteiger partial charge in [0.05, 0.1) is 0 Å². The van der Waals surface area contributed by atoms with E-state index in [2.05, 4.69) is 65.8 Å². The second-order valence-corrected chi connectivity index (χ2v) is 11.3. The largest absolute Gasteiger partial charge is 0.295 e. The molecule has 0 bridgehead atoms. The molecule has 0 spiro atoms. The average molecular weight is 393 g/mol. The Morgan fingerprint density at radius 3 is 2.45 bits per heavy atom. The Morgan fingerprint density at radius 1 is 0.966 bits per heavy atom. The van der Waals surface area contributed by atoms with Gasteiger partial charge in [-0.15, -0.1) is 0 Å². The van der Waals surface area contributed by atoms with E-state index < -0.39 is 0 Å². The van der Waals surface area contributed by atoms with Crippen molar-refractivity contribution in [2.45, 2.75) is 80.1 Å². The van der Waals surface area contributed by atoms with E-state index in [9.17, 15) is 4.79 Å². The van der Waals surface area contributed by atoms with E-state index in [4.69, 9.17) is 0 Å². The van der Waals surface area contributed by atoms with Gasteiger partial charge < -0.3 is 0 Å². The van der Waals surface area contributed by atoms with Gasteiger partial charge in [-0.25, -0.2) is 0 Å². The van der Waals surface area contributed by atoms with Crippen molar-refractivity contribution < 1.29 is 4.79 Å². The number of ketones is 1. The van der Waals surface area contributed by atoms with Gasteiger partial charge in [-0.05, 0) is 89.7 Å². The van der Waals surface area contributed by atoms with Gasteiger partial charge in [0, 0.05) is 6.42 Å². The number of rotatable bonds is 4. The van der Waals surface area contributed by atoms with E-state index in [1.165, 1.54) is 31.3 Å². The zero-order valence-electron chi connectivity index (χ0n) is 19.4. The molecule has 1 heteroatoms. The minimum atomic E-state index is 0.169. The Labute approximate surface area is 178 Å². The van der Waals surface area contributed by atoms with Crippen LogP contribution in [0, 0.1) is 40.4 Å². The highest BCUT2D eigenvalue weighted by Crippen LogP contribution is 2.63. The summed E-state index contributed by atoms with van der Waals surface area (Å²) in [6, 6.07) is 0. The smallest absolute Gasteiger partial charge is 0.156 e. The van der Waals surface area contributed by atoms with Crippen molar-refractivity contribution in [2.24, 2.45) is 40.4 Å². The molecular formula is C28H40O. The number of carbonyl (C=O) groups is 1. The lowest BCUT2D eigenvalue weighted by atomic mass is 9.53. The van der Waals surface area contributed by atoms with Crippen LogP contribution in [0.25, 0.3) is 0 Å². The zero-order valence-corrected chi connectivity index (χ0v) is 19.4. The molecule has 0 aromatic carbocycles. The molecule has 1 fully saturated rings. The molecule has 158 valence electrons. The summed E-state index contributed by atoms with van der Waals surface area (Å²) in [5, 5.41) is 0. The van der Waals surface area contributed by atoms with E-state index in [0.717, 1.165) is 18.8 Å². The monoisotopic (exact) mass is 392 g/mol. The minimum absolute atomic E-state index is 0.169. The molecule has 6 atom stereocenters. The average Bonchev–Trinajstić information content (AvgIpc) is 3.03. The van der Waals surface area contributed by atoms with Crippen LogP contribution in [0.4, 0.5) is 0 Å². The number of fused-ring (bicyclic) bond motifs is 4. The highest BCUT2D eigenvalue weighted by atomic mass is 16.1. The first kappa shape index (κ1) is 20.9. The van der Waals surface area contributed by atoms with Crippen molar-refractivity contribution >= 4 is 5.78 Å². The fraction of sp³-hybridized carbons (Fsp3) is 0.679. The predicted molar refractivity (Wildman–Crippen MR) is 122 cm³/mol. The van der Waals surface area contributed by atoms with Crippen LogP contribution in [-0.4, -0.2) is 5.78 Å². The van der Waals surface area contributed by atoms with E-state index in [0.29, 0.717) is 34.9 Å². The van der Waals surface area contributed by atoms with Crippen LogP contribution in [-0.2, 0) is 4.79 Å². The lowest BCUT2D eigenvalue weighted by Gasteiger charge is -2.51. The summed E-state index contributed by atoms with van der Waals surface area (Å²) in [5.74, 6) is 3.69. The van der Waals surface area contributed by atoms with E-state index >= 15 is 0 Å². The number of allylic oxidation sites excluding steroid dienone is 8. The maximum atomic E-state index is 12.0. The van der Waals surface area contributed by atoms with Gasteiger partial charge in [-0.1, -0.05) is 71.4 Å². The topological polar surface area (TPSA) is 17.1 Å². The zero-order chi connectivity index (χ0) is 21.0. The summed E-state index contributed by atoms with van der Waals surface area (Å²) < 4.78 is 0. The molecule has 4 aliphatic carbocycles. The molecule has 1 saturated carbocycles. The molecule has 0 aromatic heterocycles. The molecule has 0 heterocycles. The van der Waals surface area contributed by atoms with Gasteiger partial charge in [0.1, 0.15) is 0 Å². The fourth-order valence-corrected chi connectivity index (χ4v) is 6.91. The third kappa shape index (κ3) is 3.33. The Morgan fingerprint density at radius 2 is 1.72 bits per heavy atom. The van der Waals surface area contributed by atoms with Crippen LogP contribution in [0.15, 0.2) is 47.1 Å². The third-order valence-corrected chi connectivity index (χ3v) is 9.37. The Bertz CT molecular complexity index is 806. The maximum absolute atomic E-state index is 12.0. The SMILES string of the molecule is CC(C)[C@@H](C)C=C[C@H](C)[C@H]1CCC2=C3C=CC4=CC(=O)CC[C@]4(C)[C@H]3CC[C@@]21C. The molecule has 0 saturated heterocycles. The molecule has 0 amide bonds. The minimum Gasteiger partial charge on any atom is -0.295 e. The first-order chi connectivity index (χ1) is 13.7. The molecule has 0 N–H and O–H groups in total. The van der Waals surface area contributed by atoms with Crippen LogP contribution < -0.4 is 0 Å². The van der Waals surface area contributed by atoms with E-state index in [1.807, 2.05) is 6.08 Å². The van der Waals surface area contributed by atoms with Gasteiger partial charge in [0.2, 0.25) is 0 Å². The van der Waals surface area contributed by atoms with Crippen molar-refractivity contribution in [1.82, 2.24) is 0 Å². The highest BCUT2D eigenvalue weighted by Gasteiger charge is 2.53. The van der Waals surface area contributed by atoms with Crippen LogP contribution >= 0.6 is 0 Å². The molecule has 4 rings (SSSR count). The first-order valence-corrected chi connectivity index (χ1v) is 12.0. The quantitative estimate of drug-likeness (QED) is 0.454. The van der Waals surface area contributed by atoms with Gasteiger partial charge in [0.25, 0.3) is 0 Å². The van der Waals surface area contributed by atoms with Crippen molar-refractivity contribution in [3.05, 3.63) is 47.1 Å². The molecule has 29 heavy (non-hydrogen) atoms. The van der Waals surface area contributed by atoms with E-state index in [-0.39, 0.29) is 5.41 Å². The molecule has 4 aliphatic rings. The standard InChI is InChI=1S/C28H40O/c1-18(2)19(3)7-8-20(4)24-11-12-25-23-10-9-21-17-22(29)13-15-27(21,5)26(23)14-16-28(24,25)6/h7-10,17-20,24,26H,11-16H2,1-6H3/t19-,20-,24+,26-,27-,28+/m0/s1. The van der Waals surface area contributed by atoms with Crippen molar-refractivity contribution in [1.29, 1.82) is 0 Å². The van der Waals surface area contributed by atoms with Gasteiger partial charge >= 0.3 is 0 Å². The predicted octanol–water partition coefficient (Wildman–Crippen LogP) is 7.46. The summed E-state index contributed by atoms with van der Waals surface area (Å²) in [6.45, 7) is 14.4. The summed E-state index contributed by atoms with van der Waals surface area (Å²) in [6.07, 6.45) is 18.5. The molecule has 0 unspecified atom stereocenters. The Hall–Kier alpha value is -1.37. The van der Waals surface area contributed by atoms with Crippen LogP contribution in [0.3, 0.4) is 0 Å². The number of hydrogen-bond donors (Lipinski definition) is 0. The number of carbonyl (C=O) groups excluding carboxylic acids is 1. The first-order valence-electron chi connectivity index (χ1n) is 12.0. The van der Waals surface area contributed by atoms with E-state index in [1.54, 1.807) is 11.1 Å². The van der Waals surface area contributed by atoms with Gasteiger partial charge in [-0.3, -0.25) is 4.79 Å². The van der Waals surface area contributed by atoms with Crippen molar-refractivity contribution in [3.63, 3.8) is 0 Å². The second-order valence-electron chi connectivity index (χ2n) is 11.3. The molecule has 0 aromatic rings. The highest BCUT2D eigenvalue weighted by molar-refractivity contribution is 5.92. The van der Waals surface area contributed by atoms with Crippen molar-refractivity contribution in [3.8, 4) is 0 Å². The van der Waals surface area contributed by atoms with Gasteiger partial charge in [0.15, 0.2) is 5.78 Å². The molecular weight excluding hydrogens is 352 g/mol. The lowest BCUT2D eigenvalue weighted by Crippen LogP contribution is -2.41. The van der Waals surface area contributed by atoms with Crippen molar-refractivity contribution in [2.75, 3.05) is 0 Å². The lowest BCUT2D eigenvalue weighted by molar-refractivity contribution is -0.116. The molecule has 1 nitrogen and oxygen atoms in total. The normalized spacial score (nSPS) is 38.7. The summed E-state index contributed by atoms with van der Waals surface area (Å²) >= 11 is 0. The van der Waals surface area contributed by atoms with Crippen LogP contribution in [0.5, 0.6) is 0 Å². The summed E-state index contributed by atoms with van der Waals surface area (Å²) in [7, 11) is 0. The molecule has 0 aliphatic heterocycles. The summed E-state index contributed by atoms with van der Waals surface area (Å²) in [5.41, 5.74) is 5.21. The third-order valence-electron chi connectivity index (χ3n) is 9.37. The van der Waals surface area contributed by atoms with Gasteiger partial charge in [-0.2, -0.15) is 0 Å². The Kier molecular flexibility index (Phi) is 5.33. The van der Waals surface area contributed by atoms with Crippen LogP contribution in [0.1, 0.15) is 80.1 Å². The maximum Gasteiger partial charge on any atom is 0.156 e. The Balaban J connectivity index is 1.65.